The molecule has 0 radical (unpaired) electrons. The molecule has 33 heavy (non-hydrogen) atoms. The second-order valence-corrected chi connectivity index (χ2v) is 9.86. The van der Waals surface area contributed by atoms with Crippen LogP contribution in [0.1, 0.15) is 32.8 Å². The molecule has 0 saturated heterocycles. The Bertz CT molecular complexity index is 1080. The maximum atomic E-state index is 14.4. The van der Waals surface area contributed by atoms with Crippen LogP contribution in [0.4, 0.5) is 14.5 Å². The van der Waals surface area contributed by atoms with Gasteiger partial charge in [-0.1, -0.05) is 31.2 Å². The number of sulfonamides is 1. The molecule has 0 aliphatic rings. The molecule has 0 bridgehead atoms. The zero-order valence-electron chi connectivity index (χ0n) is 19.1. The van der Waals surface area contributed by atoms with Gasteiger partial charge < -0.3 is 10.2 Å². The third-order valence-electron chi connectivity index (χ3n) is 4.88. The number of anilines is 1. The van der Waals surface area contributed by atoms with Crippen LogP contribution in [0.25, 0.3) is 0 Å². The molecule has 2 rings (SSSR count). The Balaban J connectivity index is 2.44. The zero-order valence-corrected chi connectivity index (χ0v) is 19.9. The van der Waals surface area contributed by atoms with Crippen molar-refractivity contribution in [3.63, 3.8) is 0 Å². The van der Waals surface area contributed by atoms with E-state index in [4.69, 9.17) is 0 Å². The van der Waals surface area contributed by atoms with E-state index in [2.05, 4.69) is 5.32 Å². The Hall–Kier alpha value is -3.01. The van der Waals surface area contributed by atoms with Gasteiger partial charge in [-0.15, -0.1) is 0 Å². The molecule has 0 aliphatic heterocycles. The summed E-state index contributed by atoms with van der Waals surface area (Å²) in [6.45, 7) is 4.52. The SMILES string of the molecule is CC[C@H](C(=O)NC(C)C)N(Cc1ccc(F)cc1)C(=O)CN(c1ccccc1F)S(C)(=O)=O. The van der Waals surface area contributed by atoms with E-state index >= 15 is 0 Å². The first-order valence-electron chi connectivity index (χ1n) is 10.5. The maximum Gasteiger partial charge on any atom is 0.244 e. The highest BCUT2D eigenvalue weighted by Gasteiger charge is 2.32. The Morgan fingerprint density at radius 1 is 1.03 bits per heavy atom. The van der Waals surface area contributed by atoms with E-state index in [-0.39, 0.29) is 24.7 Å². The molecule has 180 valence electrons. The van der Waals surface area contributed by atoms with Crippen LogP contribution in [0.5, 0.6) is 0 Å². The molecular weight excluding hydrogens is 452 g/mol. The zero-order chi connectivity index (χ0) is 24.8. The fourth-order valence-corrected chi connectivity index (χ4v) is 4.19. The molecule has 0 fully saturated rings. The van der Waals surface area contributed by atoms with Gasteiger partial charge in [-0.2, -0.15) is 0 Å². The number of halogens is 2. The van der Waals surface area contributed by atoms with Gasteiger partial charge in [0, 0.05) is 12.6 Å². The van der Waals surface area contributed by atoms with E-state index in [9.17, 15) is 26.8 Å². The summed E-state index contributed by atoms with van der Waals surface area (Å²) in [7, 11) is -4.02. The number of nitrogens with zero attached hydrogens (tertiary/aromatic N) is 2. The van der Waals surface area contributed by atoms with Crippen LogP contribution in [0.2, 0.25) is 0 Å². The van der Waals surface area contributed by atoms with Crippen molar-refractivity contribution in [2.45, 2.75) is 45.8 Å². The van der Waals surface area contributed by atoms with Gasteiger partial charge >= 0.3 is 0 Å². The van der Waals surface area contributed by atoms with Crippen molar-refractivity contribution in [1.82, 2.24) is 10.2 Å². The van der Waals surface area contributed by atoms with Gasteiger partial charge in [0.15, 0.2) is 0 Å². The quantitative estimate of drug-likeness (QED) is 0.565. The summed E-state index contributed by atoms with van der Waals surface area (Å²) in [6, 6.07) is 9.56. The molecule has 0 aliphatic carbocycles. The summed E-state index contributed by atoms with van der Waals surface area (Å²) in [5.74, 6) is -2.35. The summed E-state index contributed by atoms with van der Waals surface area (Å²) in [5.41, 5.74) is 0.284. The summed E-state index contributed by atoms with van der Waals surface area (Å²) in [4.78, 5) is 27.5. The first-order chi connectivity index (χ1) is 15.4. The van der Waals surface area contributed by atoms with Crippen LogP contribution in [0.3, 0.4) is 0 Å². The molecule has 0 aromatic heterocycles. The van der Waals surface area contributed by atoms with E-state index in [0.717, 1.165) is 12.3 Å². The second kappa shape index (κ2) is 11.2. The lowest BCUT2D eigenvalue weighted by molar-refractivity contribution is -0.140. The number of carbonyl (C=O) groups excluding carboxylic acids is 2. The number of hydrogen-bond donors (Lipinski definition) is 1. The molecule has 0 unspecified atom stereocenters. The van der Waals surface area contributed by atoms with Gasteiger partial charge in [0.1, 0.15) is 24.2 Å². The van der Waals surface area contributed by atoms with E-state index in [1.807, 2.05) is 0 Å². The summed E-state index contributed by atoms with van der Waals surface area (Å²) in [6.07, 6.45) is 1.13. The smallest absolute Gasteiger partial charge is 0.244 e. The average Bonchev–Trinajstić information content (AvgIpc) is 2.72. The summed E-state index contributed by atoms with van der Waals surface area (Å²) in [5, 5.41) is 2.76. The van der Waals surface area contributed by atoms with Crippen LogP contribution in [-0.2, 0) is 26.2 Å². The number of carbonyl (C=O) groups is 2. The van der Waals surface area contributed by atoms with Crippen LogP contribution >= 0.6 is 0 Å². The summed E-state index contributed by atoms with van der Waals surface area (Å²) >= 11 is 0. The number of nitrogens with one attached hydrogen (secondary N) is 1. The molecule has 2 aromatic carbocycles. The molecule has 1 N–H and O–H groups in total. The van der Waals surface area contributed by atoms with E-state index in [1.165, 1.54) is 47.4 Å². The minimum absolute atomic E-state index is 0.0575. The van der Waals surface area contributed by atoms with Gasteiger partial charge in [0.05, 0.1) is 11.9 Å². The molecule has 10 heteroatoms. The predicted octanol–water partition coefficient (Wildman–Crippen LogP) is 3.06. The van der Waals surface area contributed by atoms with E-state index < -0.39 is 46.1 Å². The number of para-hydroxylation sites is 1. The largest absolute Gasteiger partial charge is 0.352 e. The van der Waals surface area contributed by atoms with E-state index in [0.29, 0.717) is 9.87 Å². The monoisotopic (exact) mass is 481 g/mol. The van der Waals surface area contributed by atoms with Gasteiger partial charge in [-0.25, -0.2) is 17.2 Å². The fraction of sp³-hybridized carbons (Fsp3) is 0.391. The molecule has 7 nitrogen and oxygen atoms in total. The Morgan fingerprint density at radius 3 is 2.15 bits per heavy atom. The predicted molar refractivity (Wildman–Crippen MR) is 123 cm³/mol. The van der Waals surface area contributed by atoms with Gasteiger partial charge in [-0.3, -0.25) is 13.9 Å². The number of hydrogen-bond acceptors (Lipinski definition) is 4. The molecule has 0 spiro atoms. The van der Waals surface area contributed by atoms with Gasteiger partial charge in [-0.05, 0) is 50.1 Å². The highest BCUT2D eigenvalue weighted by Crippen LogP contribution is 2.22. The van der Waals surface area contributed by atoms with Crippen molar-refractivity contribution in [3.8, 4) is 0 Å². The highest BCUT2D eigenvalue weighted by molar-refractivity contribution is 7.92. The minimum atomic E-state index is -4.02. The molecule has 0 saturated carbocycles. The number of amides is 2. The Labute approximate surface area is 193 Å². The van der Waals surface area contributed by atoms with Crippen molar-refractivity contribution in [2.24, 2.45) is 0 Å². The van der Waals surface area contributed by atoms with Crippen LogP contribution < -0.4 is 9.62 Å². The van der Waals surface area contributed by atoms with Crippen LogP contribution in [0, 0.1) is 11.6 Å². The fourth-order valence-electron chi connectivity index (χ4n) is 3.34. The van der Waals surface area contributed by atoms with Crippen molar-refractivity contribution < 1.29 is 26.8 Å². The standard InChI is InChI=1S/C23H29F2N3O4S/c1-5-20(23(30)26-16(2)3)27(14-17-10-12-18(24)13-11-17)22(29)15-28(33(4,31)32)21-9-7-6-8-19(21)25/h6-13,16,20H,5,14-15H2,1-4H3,(H,26,30)/t20-/m1/s1. The van der Waals surface area contributed by atoms with E-state index in [1.54, 1.807) is 20.8 Å². The second-order valence-electron chi connectivity index (χ2n) is 7.96. The highest BCUT2D eigenvalue weighted by atomic mass is 32.2. The van der Waals surface area contributed by atoms with Crippen molar-refractivity contribution in [2.75, 3.05) is 17.1 Å². The van der Waals surface area contributed by atoms with Crippen LogP contribution in [-0.4, -0.2) is 50.0 Å². The third kappa shape index (κ3) is 7.24. The first kappa shape index (κ1) is 26.2. The molecule has 2 amide bonds. The number of rotatable bonds is 10. The Morgan fingerprint density at radius 2 is 1.64 bits per heavy atom. The first-order valence-corrected chi connectivity index (χ1v) is 12.3. The lowest BCUT2D eigenvalue weighted by atomic mass is 10.1. The summed E-state index contributed by atoms with van der Waals surface area (Å²) < 4.78 is 53.3. The lowest BCUT2D eigenvalue weighted by Gasteiger charge is -2.33. The normalized spacial score (nSPS) is 12.3. The average molecular weight is 482 g/mol. The van der Waals surface area contributed by atoms with Crippen molar-refractivity contribution in [3.05, 3.63) is 65.7 Å². The molecular formula is C23H29F2N3O4S. The number of benzene rings is 2. The van der Waals surface area contributed by atoms with Gasteiger partial charge in [0.2, 0.25) is 21.8 Å². The molecule has 0 heterocycles. The third-order valence-corrected chi connectivity index (χ3v) is 6.01. The molecule has 2 aromatic rings. The minimum Gasteiger partial charge on any atom is -0.352 e. The van der Waals surface area contributed by atoms with Crippen molar-refractivity contribution >= 4 is 27.5 Å². The maximum absolute atomic E-state index is 14.4. The Kier molecular flexibility index (Phi) is 8.92. The topological polar surface area (TPSA) is 86.8 Å². The van der Waals surface area contributed by atoms with Crippen molar-refractivity contribution in [1.29, 1.82) is 0 Å². The lowest BCUT2D eigenvalue weighted by Crippen LogP contribution is -2.53. The van der Waals surface area contributed by atoms with Gasteiger partial charge in [0.25, 0.3) is 0 Å². The molecule has 1 atom stereocenters. The van der Waals surface area contributed by atoms with Crippen LogP contribution in [0.15, 0.2) is 48.5 Å².